The highest BCUT2D eigenvalue weighted by Gasteiger charge is 2.21. The standard InChI is InChI=1S/C6H13N3O/c7-6(8)9-2-1-5(3-9)4-10/h5,10H,1-4H2,(H3,7,8)/t5-/m1/s1. The molecule has 0 unspecified atom stereocenters. The van der Waals surface area contributed by atoms with Crippen LogP contribution < -0.4 is 5.73 Å². The Morgan fingerprint density at radius 3 is 2.80 bits per heavy atom. The third kappa shape index (κ3) is 1.39. The molecule has 0 bridgehead atoms. The maximum Gasteiger partial charge on any atom is 0.188 e. The highest BCUT2D eigenvalue weighted by Crippen LogP contribution is 2.13. The summed E-state index contributed by atoms with van der Waals surface area (Å²) in [6, 6.07) is 0. The summed E-state index contributed by atoms with van der Waals surface area (Å²) < 4.78 is 0. The van der Waals surface area contributed by atoms with Crippen LogP contribution in [0.15, 0.2) is 0 Å². The van der Waals surface area contributed by atoms with Gasteiger partial charge in [-0.15, -0.1) is 0 Å². The number of hydrogen-bond donors (Lipinski definition) is 3. The first-order valence-electron chi connectivity index (χ1n) is 3.44. The minimum atomic E-state index is 0.121. The Labute approximate surface area is 60.1 Å². The molecule has 1 aliphatic rings. The number of aliphatic hydroxyl groups is 1. The van der Waals surface area contributed by atoms with E-state index in [-0.39, 0.29) is 12.6 Å². The Morgan fingerprint density at radius 2 is 2.50 bits per heavy atom. The van der Waals surface area contributed by atoms with Crippen LogP contribution in [0.2, 0.25) is 0 Å². The summed E-state index contributed by atoms with van der Waals surface area (Å²) in [5, 5.41) is 15.8. The number of rotatable bonds is 1. The van der Waals surface area contributed by atoms with E-state index in [9.17, 15) is 0 Å². The summed E-state index contributed by atoms with van der Waals surface area (Å²) in [6.45, 7) is 1.77. The Hall–Kier alpha value is -0.770. The minimum Gasteiger partial charge on any atom is -0.396 e. The van der Waals surface area contributed by atoms with Gasteiger partial charge in [0, 0.05) is 25.6 Å². The van der Waals surface area contributed by atoms with Gasteiger partial charge in [-0.2, -0.15) is 0 Å². The maximum absolute atomic E-state index is 8.73. The second kappa shape index (κ2) is 2.88. The fourth-order valence-electron chi connectivity index (χ4n) is 1.20. The van der Waals surface area contributed by atoms with Crippen molar-refractivity contribution in [3.63, 3.8) is 0 Å². The third-order valence-corrected chi connectivity index (χ3v) is 1.88. The molecule has 4 N–H and O–H groups in total. The number of likely N-dealkylation sites (tertiary alicyclic amines) is 1. The molecule has 1 heterocycles. The monoisotopic (exact) mass is 143 g/mol. The molecule has 0 aromatic rings. The number of guanidine groups is 1. The molecule has 10 heavy (non-hydrogen) atoms. The highest BCUT2D eigenvalue weighted by atomic mass is 16.3. The van der Waals surface area contributed by atoms with E-state index < -0.39 is 0 Å². The van der Waals surface area contributed by atoms with Crippen LogP contribution in [-0.4, -0.2) is 35.7 Å². The van der Waals surface area contributed by atoms with Crippen molar-refractivity contribution in [2.45, 2.75) is 6.42 Å². The van der Waals surface area contributed by atoms with Crippen LogP contribution in [0.25, 0.3) is 0 Å². The van der Waals surface area contributed by atoms with E-state index in [2.05, 4.69) is 0 Å². The molecule has 58 valence electrons. The average Bonchev–Trinajstić information content (AvgIpc) is 2.34. The number of aliphatic hydroxyl groups excluding tert-OH is 1. The molecule has 0 aliphatic carbocycles. The van der Waals surface area contributed by atoms with Crippen LogP contribution in [0, 0.1) is 11.3 Å². The van der Waals surface area contributed by atoms with Crippen molar-refractivity contribution in [2.24, 2.45) is 11.7 Å². The fraction of sp³-hybridized carbons (Fsp3) is 0.833. The third-order valence-electron chi connectivity index (χ3n) is 1.88. The number of nitrogens with one attached hydrogen (secondary N) is 1. The van der Waals surface area contributed by atoms with Crippen LogP contribution in [0.1, 0.15) is 6.42 Å². The van der Waals surface area contributed by atoms with Crippen molar-refractivity contribution in [3.8, 4) is 0 Å². The van der Waals surface area contributed by atoms with Crippen LogP contribution in [-0.2, 0) is 0 Å². The lowest BCUT2D eigenvalue weighted by Gasteiger charge is -2.14. The lowest BCUT2D eigenvalue weighted by Crippen LogP contribution is -2.34. The quantitative estimate of drug-likeness (QED) is 0.332. The molecule has 1 aliphatic heterocycles. The van der Waals surface area contributed by atoms with Crippen LogP contribution >= 0.6 is 0 Å². The molecule has 0 radical (unpaired) electrons. The zero-order chi connectivity index (χ0) is 7.56. The van der Waals surface area contributed by atoms with E-state index >= 15 is 0 Å². The Morgan fingerprint density at radius 1 is 1.80 bits per heavy atom. The zero-order valence-electron chi connectivity index (χ0n) is 5.88. The van der Waals surface area contributed by atoms with Gasteiger partial charge in [0.2, 0.25) is 0 Å². The van der Waals surface area contributed by atoms with Gasteiger partial charge in [-0.05, 0) is 6.42 Å². The van der Waals surface area contributed by atoms with Crippen molar-refractivity contribution >= 4 is 5.96 Å². The first-order chi connectivity index (χ1) is 4.74. The van der Waals surface area contributed by atoms with Gasteiger partial charge >= 0.3 is 0 Å². The van der Waals surface area contributed by atoms with Gasteiger partial charge in [-0.3, -0.25) is 5.41 Å². The smallest absolute Gasteiger partial charge is 0.188 e. The fourth-order valence-corrected chi connectivity index (χ4v) is 1.20. The molecule has 0 aromatic carbocycles. The van der Waals surface area contributed by atoms with Crippen molar-refractivity contribution in [3.05, 3.63) is 0 Å². The Balaban J connectivity index is 2.35. The summed E-state index contributed by atoms with van der Waals surface area (Å²) in [5.74, 6) is 0.444. The largest absolute Gasteiger partial charge is 0.396 e. The summed E-state index contributed by atoms with van der Waals surface area (Å²) in [5.41, 5.74) is 5.24. The first kappa shape index (κ1) is 7.34. The number of hydrogen-bond acceptors (Lipinski definition) is 2. The second-order valence-electron chi connectivity index (χ2n) is 2.67. The summed E-state index contributed by atoms with van der Waals surface area (Å²) in [7, 11) is 0. The van der Waals surface area contributed by atoms with Crippen LogP contribution in [0.3, 0.4) is 0 Å². The van der Waals surface area contributed by atoms with Crippen LogP contribution in [0.4, 0.5) is 0 Å². The molecule has 1 atom stereocenters. The lowest BCUT2D eigenvalue weighted by molar-refractivity contribution is 0.232. The van der Waals surface area contributed by atoms with Gasteiger partial charge in [0.1, 0.15) is 0 Å². The van der Waals surface area contributed by atoms with E-state index in [4.69, 9.17) is 16.2 Å². The van der Waals surface area contributed by atoms with Crippen molar-refractivity contribution < 1.29 is 5.11 Å². The molecule has 4 nitrogen and oxygen atoms in total. The van der Waals surface area contributed by atoms with Crippen molar-refractivity contribution in [1.29, 1.82) is 5.41 Å². The molecule has 4 heteroatoms. The van der Waals surface area contributed by atoms with E-state index in [1.807, 2.05) is 0 Å². The summed E-state index contributed by atoms with van der Waals surface area (Å²) in [4.78, 5) is 1.78. The average molecular weight is 143 g/mol. The Kier molecular flexibility index (Phi) is 2.11. The summed E-state index contributed by atoms with van der Waals surface area (Å²) in [6.07, 6.45) is 0.954. The highest BCUT2D eigenvalue weighted by molar-refractivity contribution is 5.74. The minimum absolute atomic E-state index is 0.121. The summed E-state index contributed by atoms with van der Waals surface area (Å²) >= 11 is 0. The predicted octanol–water partition coefficient (Wildman–Crippen LogP) is -0.806. The van der Waals surface area contributed by atoms with E-state index in [1.165, 1.54) is 0 Å². The molecule has 1 saturated heterocycles. The number of nitrogens with two attached hydrogens (primary N) is 1. The van der Waals surface area contributed by atoms with Crippen molar-refractivity contribution in [2.75, 3.05) is 19.7 Å². The SMILES string of the molecule is N=C(N)N1CC[C@@H](CO)C1. The normalized spacial score (nSPS) is 25.3. The second-order valence-corrected chi connectivity index (χ2v) is 2.67. The van der Waals surface area contributed by atoms with Gasteiger partial charge in [-0.25, -0.2) is 0 Å². The van der Waals surface area contributed by atoms with Gasteiger partial charge < -0.3 is 15.7 Å². The zero-order valence-corrected chi connectivity index (χ0v) is 5.88. The lowest BCUT2D eigenvalue weighted by atomic mass is 10.1. The maximum atomic E-state index is 8.73. The molecule has 0 aromatic heterocycles. The van der Waals surface area contributed by atoms with E-state index in [0.29, 0.717) is 5.92 Å². The molecule has 0 saturated carbocycles. The van der Waals surface area contributed by atoms with Gasteiger partial charge in [0.05, 0.1) is 0 Å². The van der Waals surface area contributed by atoms with Crippen molar-refractivity contribution in [1.82, 2.24) is 4.90 Å². The van der Waals surface area contributed by atoms with E-state index in [1.54, 1.807) is 4.90 Å². The molecular weight excluding hydrogens is 130 g/mol. The topological polar surface area (TPSA) is 73.3 Å². The molecular formula is C6H13N3O. The molecule has 1 rings (SSSR count). The predicted molar refractivity (Wildman–Crippen MR) is 38.7 cm³/mol. The molecule has 0 amide bonds. The van der Waals surface area contributed by atoms with Crippen LogP contribution in [0.5, 0.6) is 0 Å². The molecule has 1 fully saturated rings. The van der Waals surface area contributed by atoms with Gasteiger partial charge in [0.15, 0.2) is 5.96 Å². The first-order valence-corrected chi connectivity index (χ1v) is 3.44. The number of nitrogens with zero attached hydrogens (tertiary/aromatic N) is 1. The van der Waals surface area contributed by atoms with Gasteiger partial charge in [0.25, 0.3) is 0 Å². The van der Waals surface area contributed by atoms with Gasteiger partial charge in [-0.1, -0.05) is 0 Å². The molecule has 0 spiro atoms. The Bertz CT molecular complexity index is 137. The van der Waals surface area contributed by atoms with E-state index in [0.717, 1.165) is 19.5 Å².